The van der Waals surface area contributed by atoms with E-state index < -0.39 is 12.0 Å². The Balaban J connectivity index is 1.10. The number of carbonyl (C=O) groups is 3. The molecule has 220 valence electrons. The second-order valence-corrected chi connectivity index (χ2v) is 11.5. The first-order chi connectivity index (χ1) is 20.5. The van der Waals surface area contributed by atoms with Crippen molar-refractivity contribution in [3.8, 4) is 5.75 Å². The number of carbonyl (C=O) groups excluding carboxylic acids is 3. The first-order valence-electron chi connectivity index (χ1n) is 15.0. The van der Waals surface area contributed by atoms with Crippen LogP contribution < -0.4 is 15.4 Å². The fourth-order valence-electron chi connectivity index (χ4n) is 5.51. The summed E-state index contributed by atoms with van der Waals surface area (Å²) in [5.74, 6) is 1.05. The maximum atomic E-state index is 13.2. The largest absolute Gasteiger partial charge is 0.494 e. The van der Waals surface area contributed by atoms with E-state index in [4.69, 9.17) is 9.47 Å². The highest BCUT2D eigenvalue weighted by Gasteiger charge is 2.51. The standard InChI is InChI=1S/C35H40N2O5/c1-41-34(40)31(37-30-14-6-5-13-29(30)32(38)26-9-3-2-4-10-26)23-25-15-17-28(18-16-25)42-22-8-21-36-24-35(19-20-35)33(39)27-11-7-12-27/h2-6,9-10,13-18,27,31,36-37H,7-8,11-12,19-24H2,1H3. The molecule has 3 aromatic rings. The highest BCUT2D eigenvalue weighted by atomic mass is 16.5. The predicted octanol–water partition coefficient (Wildman–Crippen LogP) is 5.62. The van der Waals surface area contributed by atoms with Crippen molar-refractivity contribution >= 4 is 23.2 Å². The summed E-state index contributed by atoms with van der Waals surface area (Å²) in [6.07, 6.45) is 6.66. The molecule has 2 fully saturated rings. The van der Waals surface area contributed by atoms with Crippen LogP contribution in [0.5, 0.6) is 5.75 Å². The van der Waals surface area contributed by atoms with Crippen LogP contribution in [0.2, 0.25) is 0 Å². The van der Waals surface area contributed by atoms with Gasteiger partial charge in [0.2, 0.25) is 0 Å². The molecule has 0 amide bonds. The van der Waals surface area contributed by atoms with E-state index in [-0.39, 0.29) is 11.2 Å². The number of para-hydroxylation sites is 1. The molecule has 3 aromatic carbocycles. The average molecular weight is 569 g/mol. The zero-order valence-electron chi connectivity index (χ0n) is 24.3. The first-order valence-corrected chi connectivity index (χ1v) is 15.0. The smallest absolute Gasteiger partial charge is 0.328 e. The van der Waals surface area contributed by atoms with E-state index in [1.165, 1.54) is 13.5 Å². The Hall–Kier alpha value is -3.97. The number of ether oxygens (including phenoxy) is 2. The van der Waals surface area contributed by atoms with Crippen LogP contribution in [-0.4, -0.2) is 50.4 Å². The van der Waals surface area contributed by atoms with E-state index in [0.29, 0.717) is 41.5 Å². The number of hydrogen-bond acceptors (Lipinski definition) is 7. The Labute approximate surface area is 248 Å². The topological polar surface area (TPSA) is 93.7 Å². The predicted molar refractivity (Wildman–Crippen MR) is 163 cm³/mol. The molecule has 2 N–H and O–H groups in total. The number of hydrogen-bond donors (Lipinski definition) is 2. The van der Waals surface area contributed by atoms with Gasteiger partial charge in [-0.1, -0.05) is 61.0 Å². The third-order valence-electron chi connectivity index (χ3n) is 8.47. The second-order valence-electron chi connectivity index (χ2n) is 11.5. The van der Waals surface area contributed by atoms with Gasteiger partial charge in [0, 0.05) is 41.1 Å². The molecule has 2 aliphatic carbocycles. The molecule has 2 saturated carbocycles. The van der Waals surface area contributed by atoms with Crippen molar-refractivity contribution in [3.63, 3.8) is 0 Å². The van der Waals surface area contributed by atoms with Crippen molar-refractivity contribution in [2.24, 2.45) is 11.3 Å². The Morgan fingerprint density at radius 2 is 1.64 bits per heavy atom. The van der Waals surface area contributed by atoms with E-state index in [2.05, 4.69) is 10.6 Å². The fraction of sp³-hybridized carbons (Fsp3) is 0.400. The van der Waals surface area contributed by atoms with Gasteiger partial charge in [-0.25, -0.2) is 4.79 Å². The van der Waals surface area contributed by atoms with Crippen LogP contribution in [-0.2, 0) is 20.7 Å². The number of nitrogens with one attached hydrogen (secondary N) is 2. The third-order valence-corrected chi connectivity index (χ3v) is 8.47. The Morgan fingerprint density at radius 1 is 0.929 bits per heavy atom. The molecule has 42 heavy (non-hydrogen) atoms. The van der Waals surface area contributed by atoms with Crippen molar-refractivity contribution < 1.29 is 23.9 Å². The normalized spacial score (nSPS) is 16.1. The number of ketones is 2. The molecule has 1 atom stereocenters. The molecule has 0 aliphatic heterocycles. The first kappa shape index (κ1) is 29.5. The number of esters is 1. The highest BCUT2D eigenvalue weighted by molar-refractivity contribution is 6.12. The summed E-state index contributed by atoms with van der Waals surface area (Å²) in [7, 11) is 1.36. The number of benzene rings is 3. The summed E-state index contributed by atoms with van der Waals surface area (Å²) >= 11 is 0. The molecule has 0 spiro atoms. The lowest BCUT2D eigenvalue weighted by Gasteiger charge is -2.28. The van der Waals surface area contributed by atoms with Crippen molar-refractivity contribution in [2.75, 3.05) is 32.1 Å². The van der Waals surface area contributed by atoms with Crippen molar-refractivity contribution in [1.82, 2.24) is 5.32 Å². The third kappa shape index (κ3) is 7.26. The lowest BCUT2D eigenvalue weighted by atomic mass is 9.76. The van der Waals surface area contributed by atoms with Crippen LogP contribution in [0, 0.1) is 11.3 Å². The summed E-state index contributed by atoms with van der Waals surface area (Å²) in [6.45, 7) is 2.18. The SMILES string of the molecule is COC(=O)C(Cc1ccc(OCCCNCC2(C(=O)C3CCC3)CC2)cc1)Nc1ccccc1C(=O)c1ccccc1. The van der Waals surface area contributed by atoms with Gasteiger partial charge in [0.05, 0.1) is 13.7 Å². The molecule has 0 bridgehead atoms. The molecule has 0 heterocycles. The van der Waals surface area contributed by atoms with Crippen LogP contribution in [0.3, 0.4) is 0 Å². The number of Topliss-reactive ketones (excluding diaryl/α,β-unsaturated/α-hetero) is 1. The van der Waals surface area contributed by atoms with E-state index >= 15 is 0 Å². The molecule has 7 heteroatoms. The molecular formula is C35H40N2O5. The molecule has 0 aromatic heterocycles. The molecule has 7 nitrogen and oxygen atoms in total. The molecule has 5 rings (SSSR count). The number of rotatable bonds is 16. The summed E-state index contributed by atoms with van der Waals surface area (Å²) in [4.78, 5) is 38.5. The molecular weight excluding hydrogens is 528 g/mol. The summed E-state index contributed by atoms with van der Waals surface area (Å²) in [6, 6.07) is 23.3. The monoisotopic (exact) mass is 568 g/mol. The van der Waals surface area contributed by atoms with Gasteiger partial charge in [-0.2, -0.15) is 0 Å². The van der Waals surface area contributed by atoms with Gasteiger partial charge >= 0.3 is 5.97 Å². The Morgan fingerprint density at radius 3 is 2.31 bits per heavy atom. The van der Waals surface area contributed by atoms with E-state index in [9.17, 15) is 14.4 Å². The fourth-order valence-corrected chi connectivity index (χ4v) is 5.51. The van der Waals surface area contributed by atoms with Crippen molar-refractivity contribution in [2.45, 2.75) is 51.0 Å². The van der Waals surface area contributed by atoms with E-state index in [1.54, 1.807) is 24.3 Å². The summed E-state index contributed by atoms with van der Waals surface area (Å²) < 4.78 is 11.0. The maximum absolute atomic E-state index is 13.2. The van der Waals surface area contributed by atoms with Crippen LogP contribution in [0.25, 0.3) is 0 Å². The van der Waals surface area contributed by atoms with Crippen molar-refractivity contribution in [1.29, 1.82) is 0 Å². The quantitative estimate of drug-likeness (QED) is 0.132. The average Bonchev–Trinajstić information content (AvgIpc) is 3.79. The van der Waals surface area contributed by atoms with Crippen LogP contribution in [0.1, 0.15) is 60.0 Å². The summed E-state index contributed by atoms with van der Waals surface area (Å²) in [5, 5.41) is 6.72. The van der Waals surface area contributed by atoms with Gasteiger partial charge in [0.15, 0.2) is 5.78 Å². The minimum atomic E-state index is -0.677. The van der Waals surface area contributed by atoms with Gasteiger partial charge < -0.3 is 20.1 Å². The Bertz CT molecular complexity index is 1360. The van der Waals surface area contributed by atoms with E-state index in [1.807, 2.05) is 54.6 Å². The molecule has 2 aliphatic rings. The lowest BCUT2D eigenvalue weighted by molar-refractivity contribution is -0.141. The van der Waals surface area contributed by atoms with Crippen LogP contribution >= 0.6 is 0 Å². The minimum absolute atomic E-state index is 0.0851. The molecule has 1 unspecified atom stereocenters. The number of methoxy groups -OCH3 is 1. The second kappa shape index (κ2) is 13.8. The van der Waals surface area contributed by atoms with Gasteiger partial charge in [-0.3, -0.25) is 9.59 Å². The zero-order valence-corrected chi connectivity index (χ0v) is 24.3. The highest BCUT2D eigenvalue weighted by Crippen LogP contribution is 2.50. The van der Waals surface area contributed by atoms with Gasteiger partial charge in [0.1, 0.15) is 17.6 Å². The van der Waals surface area contributed by atoms with Gasteiger partial charge in [0.25, 0.3) is 0 Å². The molecule has 0 saturated heterocycles. The van der Waals surface area contributed by atoms with E-state index in [0.717, 1.165) is 56.5 Å². The van der Waals surface area contributed by atoms with Gasteiger partial charge in [-0.05, 0) is 68.5 Å². The van der Waals surface area contributed by atoms with Crippen LogP contribution in [0.15, 0.2) is 78.9 Å². The maximum Gasteiger partial charge on any atom is 0.328 e. The zero-order chi connectivity index (χ0) is 29.4. The minimum Gasteiger partial charge on any atom is -0.494 e. The Kier molecular flexibility index (Phi) is 9.70. The van der Waals surface area contributed by atoms with Crippen LogP contribution in [0.4, 0.5) is 5.69 Å². The summed E-state index contributed by atoms with van der Waals surface area (Å²) in [5.41, 5.74) is 2.50. The van der Waals surface area contributed by atoms with Crippen molar-refractivity contribution in [3.05, 3.63) is 95.6 Å². The van der Waals surface area contributed by atoms with Gasteiger partial charge in [-0.15, -0.1) is 0 Å². The molecule has 0 radical (unpaired) electrons. The number of anilines is 1. The lowest BCUT2D eigenvalue weighted by Crippen LogP contribution is -2.37.